The molecule has 8 nitrogen and oxygen atoms in total. The van der Waals surface area contributed by atoms with Gasteiger partial charge >= 0.3 is 0 Å². The Balaban J connectivity index is 1.68. The third-order valence-electron chi connectivity index (χ3n) is 5.95. The summed E-state index contributed by atoms with van der Waals surface area (Å²) in [6.07, 6.45) is 0. The Morgan fingerprint density at radius 3 is 2.35 bits per heavy atom. The summed E-state index contributed by atoms with van der Waals surface area (Å²) in [5, 5.41) is 12.8. The summed E-state index contributed by atoms with van der Waals surface area (Å²) >= 11 is 0. The molecule has 1 fully saturated rings. The Morgan fingerprint density at radius 1 is 0.935 bits per heavy atom. The summed E-state index contributed by atoms with van der Waals surface area (Å²) in [5.41, 5.74) is 2.20. The van der Waals surface area contributed by atoms with Crippen molar-refractivity contribution in [3.05, 3.63) is 65.5 Å². The second-order valence-electron chi connectivity index (χ2n) is 7.66. The largest absolute Gasteiger partial charge is 0.497 e. The lowest BCUT2D eigenvalue weighted by molar-refractivity contribution is 0.107. The summed E-state index contributed by atoms with van der Waals surface area (Å²) in [6.45, 7) is 7.83. The first-order chi connectivity index (χ1) is 15.2. The van der Waals surface area contributed by atoms with Crippen LogP contribution in [0.1, 0.15) is 29.9 Å². The van der Waals surface area contributed by atoms with Crippen molar-refractivity contribution < 1.29 is 9.47 Å². The molecule has 2 aromatic carbocycles. The summed E-state index contributed by atoms with van der Waals surface area (Å²) in [6, 6.07) is 16.1. The lowest BCUT2D eigenvalue weighted by Gasteiger charge is -2.38. The van der Waals surface area contributed by atoms with Gasteiger partial charge in [0.15, 0.2) is 5.82 Å². The first-order valence-corrected chi connectivity index (χ1v) is 10.7. The molecular formula is C23H30N6O2. The van der Waals surface area contributed by atoms with Crippen LogP contribution in [0, 0.1) is 0 Å². The number of piperazine rings is 1. The van der Waals surface area contributed by atoms with Gasteiger partial charge < -0.3 is 14.4 Å². The van der Waals surface area contributed by atoms with Crippen LogP contribution in [0.25, 0.3) is 0 Å². The fraction of sp³-hybridized carbons (Fsp3) is 0.435. The lowest BCUT2D eigenvalue weighted by Crippen LogP contribution is -2.48. The van der Waals surface area contributed by atoms with Gasteiger partial charge in [-0.05, 0) is 40.7 Å². The second-order valence-corrected chi connectivity index (χ2v) is 7.66. The smallest absolute Gasteiger partial charge is 0.173 e. The van der Waals surface area contributed by atoms with Crippen molar-refractivity contribution in [1.82, 2.24) is 30.0 Å². The quantitative estimate of drug-likeness (QED) is 0.552. The number of hydrogen-bond donors (Lipinski definition) is 0. The van der Waals surface area contributed by atoms with Crippen LogP contribution in [-0.4, -0.2) is 77.0 Å². The molecule has 0 bridgehead atoms. The van der Waals surface area contributed by atoms with Gasteiger partial charge in [0.25, 0.3) is 0 Å². The zero-order chi connectivity index (χ0) is 21.6. The molecule has 1 aliphatic heterocycles. The molecule has 4 rings (SSSR count). The number of benzene rings is 2. The number of tetrazole rings is 1. The van der Waals surface area contributed by atoms with E-state index in [0.29, 0.717) is 6.54 Å². The van der Waals surface area contributed by atoms with Gasteiger partial charge in [0.1, 0.15) is 17.5 Å². The van der Waals surface area contributed by atoms with Crippen LogP contribution in [0.4, 0.5) is 0 Å². The van der Waals surface area contributed by atoms with Gasteiger partial charge in [0.2, 0.25) is 0 Å². The van der Waals surface area contributed by atoms with Gasteiger partial charge in [-0.25, -0.2) is 4.68 Å². The second kappa shape index (κ2) is 9.89. The molecule has 164 valence electrons. The number of methoxy groups -OCH3 is 2. The normalized spacial score (nSPS) is 16.2. The van der Waals surface area contributed by atoms with Crippen molar-refractivity contribution >= 4 is 0 Å². The van der Waals surface area contributed by atoms with Crippen LogP contribution >= 0.6 is 0 Å². The highest BCUT2D eigenvalue weighted by Crippen LogP contribution is 2.34. The summed E-state index contributed by atoms with van der Waals surface area (Å²) in [7, 11) is 3.38. The highest BCUT2D eigenvalue weighted by molar-refractivity contribution is 5.39. The molecule has 0 unspecified atom stereocenters. The minimum atomic E-state index is -0.0802. The zero-order valence-corrected chi connectivity index (χ0v) is 18.4. The molecule has 0 saturated carbocycles. The summed E-state index contributed by atoms with van der Waals surface area (Å²) in [4.78, 5) is 4.93. The average molecular weight is 423 g/mol. The molecule has 0 amide bonds. The Morgan fingerprint density at radius 2 is 1.68 bits per heavy atom. The molecule has 3 aromatic rings. The van der Waals surface area contributed by atoms with Gasteiger partial charge in [-0.3, -0.25) is 4.90 Å². The number of aromatic nitrogens is 4. The maximum Gasteiger partial charge on any atom is 0.173 e. The van der Waals surface area contributed by atoms with E-state index in [2.05, 4.69) is 38.3 Å². The lowest BCUT2D eigenvalue weighted by atomic mass is 10.0. The Bertz CT molecular complexity index is 966. The number of para-hydroxylation sites is 1. The highest BCUT2D eigenvalue weighted by atomic mass is 16.5. The number of rotatable bonds is 8. The van der Waals surface area contributed by atoms with Gasteiger partial charge in [-0.15, -0.1) is 5.10 Å². The van der Waals surface area contributed by atoms with Crippen LogP contribution in [0.3, 0.4) is 0 Å². The highest BCUT2D eigenvalue weighted by Gasteiger charge is 2.32. The van der Waals surface area contributed by atoms with Crippen LogP contribution in [0.15, 0.2) is 48.5 Å². The van der Waals surface area contributed by atoms with E-state index in [1.165, 1.54) is 0 Å². The Hall–Kier alpha value is -2.97. The minimum absolute atomic E-state index is 0.0802. The minimum Gasteiger partial charge on any atom is -0.497 e. The third kappa shape index (κ3) is 4.70. The van der Waals surface area contributed by atoms with Crippen molar-refractivity contribution in [3.63, 3.8) is 0 Å². The van der Waals surface area contributed by atoms with Gasteiger partial charge in [-0.2, -0.15) is 0 Å². The number of ether oxygens (including phenoxy) is 2. The third-order valence-corrected chi connectivity index (χ3v) is 5.95. The predicted octanol–water partition coefficient (Wildman–Crippen LogP) is 2.47. The molecule has 0 N–H and O–H groups in total. The first-order valence-electron chi connectivity index (χ1n) is 10.7. The number of hydrogen-bond acceptors (Lipinski definition) is 7. The predicted molar refractivity (Wildman–Crippen MR) is 118 cm³/mol. The van der Waals surface area contributed by atoms with E-state index in [0.717, 1.165) is 61.2 Å². The first kappa shape index (κ1) is 21.3. The van der Waals surface area contributed by atoms with E-state index in [1.54, 1.807) is 14.2 Å². The van der Waals surface area contributed by atoms with Crippen molar-refractivity contribution in [1.29, 1.82) is 0 Å². The molecule has 1 saturated heterocycles. The number of likely N-dealkylation sites (N-methyl/N-ethyl adjacent to an activating group) is 1. The molecule has 1 atom stereocenters. The monoisotopic (exact) mass is 422 g/mol. The molecule has 2 heterocycles. The van der Waals surface area contributed by atoms with E-state index < -0.39 is 0 Å². The van der Waals surface area contributed by atoms with Gasteiger partial charge in [0.05, 0.1) is 20.8 Å². The molecule has 0 radical (unpaired) electrons. The van der Waals surface area contributed by atoms with Crippen LogP contribution in [-0.2, 0) is 6.54 Å². The molecular weight excluding hydrogens is 392 g/mol. The zero-order valence-electron chi connectivity index (χ0n) is 18.4. The molecule has 0 spiro atoms. The van der Waals surface area contributed by atoms with E-state index in [9.17, 15) is 0 Å². The summed E-state index contributed by atoms with van der Waals surface area (Å²) in [5.74, 6) is 2.51. The maximum absolute atomic E-state index is 5.71. The molecule has 8 heteroatoms. The van der Waals surface area contributed by atoms with Crippen LogP contribution < -0.4 is 9.47 Å². The van der Waals surface area contributed by atoms with Crippen molar-refractivity contribution in [2.24, 2.45) is 0 Å². The molecule has 1 aliphatic rings. The molecule has 1 aromatic heterocycles. The van der Waals surface area contributed by atoms with E-state index in [1.807, 2.05) is 47.1 Å². The molecule has 0 aliphatic carbocycles. The van der Waals surface area contributed by atoms with Crippen LogP contribution in [0.2, 0.25) is 0 Å². The standard InChI is InChI=1S/C23H30N6O2/c1-4-27-13-15-28(16-14-27)22(20-7-5-6-8-21(20)31-3)23-24-25-26-29(23)17-18-9-11-19(30-2)12-10-18/h5-12,22H,4,13-17H2,1-3H3/t22-/m1/s1. The van der Waals surface area contributed by atoms with Gasteiger partial charge in [-0.1, -0.05) is 37.3 Å². The summed E-state index contributed by atoms with van der Waals surface area (Å²) < 4.78 is 12.9. The topological polar surface area (TPSA) is 68.5 Å². The van der Waals surface area contributed by atoms with Crippen molar-refractivity contribution in [2.45, 2.75) is 19.5 Å². The Labute approximate surface area is 183 Å². The Kier molecular flexibility index (Phi) is 6.79. The average Bonchev–Trinajstić information content (AvgIpc) is 3.28. The van der Waals surface area contributed by atoms with Crippen LogP contribution in [0.5, 0.6) is 11.5 Å². The number of nitrogens with zero attached hydrogens (tertiary/aromatic N) is 6. The van der Waals surface area contributed by atoms with E-state index >= 15 is 0 Å². The molecule has 31 heavy (non-hydrogen) atoms. The maximum atomic E-state index is 5.71. The van der Waals surface area contributed by atoms with Crippen molar-refractivity contribution in [2.75, 3.05) is 46.9 Å². The van der Waals surface area contributed by atoms with Crippen molar-refractivity contribution in [3.8, 4) is 11.5 Å². The fourth-order valence-electron chi connectivity index (χ4n) is 4.15. The van der Waals surface area contributed by atoms with E-state index in [4.69, 9.17) is 9.47 Å². The fourth-order valence-corrected chi connectivity index (χ4v) is 4.15. The SMILES string of the molecule is CCN1CCN([C@H](c2ccccc2OC)c2nnnn2Cc2ccc(OC)cc2)CC1. The van der Waals surface area contributed by atoms with E-state index in [-0.39, 0.29) is 6.04 Å². The van der Waals surface area contributed by atoms with Gasteiger partial charge in [0, 0.05) is 31.7 Å².